The highest BCUT2D eigenvalue weighted by Gasteiger charge is 2.28. The molecular formula is C45H75NO6. The van der Waals surface area contributed by atoms with Crippen molar-refractivity contribution in [3.63, 3.8) is 0 Å². The van der Waals surface area contributed by atoms with Gasteiger partial charge in [0.25, 0.3) is 0 Å². The summed E-state index contributed by atoms with van der Waals surface area (Å²) in [6, 6.07) is 0. The van der Waals surface area contributed by atoms with Gasteiger partial charge in [-0.1, -0.05) is 168 Å². The number of rotatable bonds is 30. The molecule has 2 aliphatic carbocycles. The molecule has 0 aromatic rings. The smallest absolute Gasteiger partial charge is 0.232 e. The first kappa shape index (κ1) is 47.1. The lowest BCUT2D eigenvalue weighted by molar-refractivity contribution is -0.132. The highest BCUT2D eigenvalue weighted by molar-refractivity contribution is 6.49. The van der Waals surface area contributed by atoms with E-state index in [1.807, 2.05) is 0 Å². The monoisotopic (exact) mass is 726 g/mol. The second-order valence-corrected chi connectivity index (χ2v) is 15.0. The number of ketones is 4. The van der Waals surface area contributed by atoms with Gasteiger partial charge in [-0.2, -0.15) is 0 Å². The zero-order valence-corrected chi connectivity index (χ0v) is 33.7. The minimum Gasteiger partial charge on any atom is -0.507 e. The average molecular weight is 726 g/mol. The summed E-state index contributed by atoms with van der Waals surface area (Å²) in [6.45, 7) is 9.03. The lowest BCUT2D eigenvalue weighted by atomic mass is 9.92. The van der Waals surface area contributed by atoms with E-state index < -0.39 is 23.1 Å². The summed E-state index contributed by atoms with van der Waals surface area (Å²) in [5.74, 6) is -2.08. The van der Waals surface area contributed by atoms with E-state index in [0.717, 1.165) is 44.9 Å². The number of hydrogen-bond donors (Lipinski definition) is 3. The summed E-state index contributed by atoms with van der Waals surface area (Å²) in [6.07, 6.45) is 35.2. The topological polar surface area (TPSA) is 121 Å². The van der Waals surface area contributed by atoms with Crippen LogP contribution >= 0.6 is 0 Å². The third-order valence-electron chi connectivity index (χ3n) is 10.2. The van der Waals surface area contributed by atoms with Crippen LogP contribution in [0.2, 0.25) is 0 Å². The molecule has 0 amide bonds. The van der Waals surface area contributed by atoms with Crippen LogP contribution in [0, 0.1) is 0 Å². The van der Waals surface area contributed by atoms with Crippen molar-refractivity contribution in [2.75, 3.05) is 6.54 Å². The molecule has 0 aliphatic heterocycles. The fourth-order valence-electron chi connectivity index (χ4n) is 6.81. The average Bonchev–Trinajstić information content (AvgIpc) is 3.13. The lowest BCUT2D eigenvalue weighted by Crippen LogP contribution is -2.27. The second-order valence-electron chi connectivity index (χ2n) is 15.0. The van der Waals surface area contributed by atoms with Gasteiger partial charge in [-0.15, -0.1) is 0 Å². The van der Waals surface area contributed by atoms with Crippen LogP contribution in [0.25, 0.3) is 0 Å². The van der Waals surface area contributed by atoms with Crippen LogP contribution in [0.3, 0.4) is 0 Å². The number of Topliss-reactive ketones (excluding diaryl/α,β-unsaturated/α-hetero) is 2. The third kappa shape index (κ3) is 20.3. The molecule has 0 saturated carbocycles. The Hall–Kier alpha value is -2.96. The zero-order valence-electron chi connectivity index (χ0n) is 33.7. The Balaban J connectivity index is 0.000000534. The van der Waals surface area contributed by atoms with E-state index in [-0.39, 0.29) is 11.5 Å². The van der Waals surface area contributed by atoms with Gasteiger partial charge < -0.3 is 15.5 Å². The Morgan fingerprint density at radius 1 is 0.442 bits per heavy atom. The Labute approximate surface area is 317 Å². The Bertz CT molecular complexity index is 1190. The molecule has 0 bridgehead atoms. The number of aliphatic hydroxyl groups is 2. The normalized spacial score (nSPS) is 14.8. The van der Waals surface area contributed by atoms with E-state index in [0.29, 0.717) is 41.8 Å². The molecule has 296 valence electrons. The first-order valence-electron chi connectivity index (χ1n) is 21.4. The fourth-order valence-corrected chi connectivity index (χ4v) is 6.81. The zero-order chi connectivity index (χ0) is 38.4. The molecule has 0 atom stereocenters. The third-order valence-corrected chi connectivity index (χ3v) is 10.2. The van der Waals surface area contributed by atoms with Gasteiger partial charge >= 0.3 is 0 Å². The molecule has 2 rings (SSSR count). The number of carbonyl (C=O) groups is 4. The van der Waals surface area contributed by atoms with Crippen molar-refractivity contribution in [2.45, 2.75) is 207 Å². The largest absolute Gasteiger partial charge is 0.507 e. The van der Waals surface area contributed by atoms with Gasteiger partial charge in [0.05, 0.1) is 5.70 Å². The van der Waals surface area contributed by atoms with Crippen molar-refractivity contribution in [3.8, 4) is 0 Å². The van der Waals surface area contributed by atoms with Crippen LogP contribution in [0.15, 0.2) is 46.1 Å². The van der Waals surface area contributed by atoms with E-state index in [9.17, 15) is 29.4 Å². The summed E-state index contributed by atoms with van der Waals surface area (Å²) in [5.41, 5.74) is 1.53. The Morgan fingerprint density at radius 2 is 0.769 bits per heavy atom. The molecule has 7 nitrogen and oxygen atoms in total. The van der Waals surface area contributed by atoms with Gasteiger partial charge in [-0.05, 0) is 50.7 Å². The van der Waals surface area contributed by atoms with Crippen molar-refractivity contribution in [3.05, 3.63) is 46.1 Å². The molecule has 7 heteroatoms. The molecule has 0 fully saturated rings. The van der Waals surface area contributed by atoms with Crippen LogP contribution in [-0.4, -0.2) is 39.9 Å². The maximum absolute atomic E-state index is 12.2. The summed E-state index contributed by atoms with van der Waals surface area (Å²) >= 11 is 0. The second kappa shape index (κ2) is 30.5. The predicted molar refractivity (Wildman–Crippen MR) is 215 cm³/mol. The summed E-state index contributed by atoms with van der Waals surface area (Å²) in [5, 5.41) is 23.5. The quantitative estimate of drug-likeness (QED) is 0.0383. The molecule has 2 aliphatic rings. The highest BCUT2D eigenvalue weighted by atomic mass is 16.3. The molecule has 0 radical (unpaired) electrons. The van der Waals surface area contributed by atoms with E-state index in [4.69, 9.17) is 0 Å². The minimum atomic E-state index is -0.536. The standard InChI is InChI=1S/C25H43NO3.C20H32O3/c1-3-5-7-9-10-11-12-13-14-15-16-18-21-24(28)22(20-23(27)25(21)29)26-19-17-8-6-4-2;1-3-4-5-6-7-8-9-10-11-12-13-14-17-19(22)16(2)15-18(21)20(17)23/h20,26,28H,3-19H2,1-2H3;15,22H,3-14H2,1-2H3. The minimum absolute atomic E-state index is 0.0154. The molecule has 3 N–H and O–H groups in total. The molecule has 0 aromatic heterocycles. The Kier molecular flexibility index (Phi) is 27.6. The molecule has 0 unspecified atom stereocenters. The van der Waals surface area contributed by atoms with Crippen molar-refractivity contribution in [1.29, 1.82) is 0 Å². The summed E-state index contributed by atoms with van der Waals surface area (Å²) in [7, 11) is 0. The van der Waals surface area contributed by atoms with Crippen LogP contribution in [0.1, 0.15) is 207 Å². The van der Waals surface area contributed by atoms with E-state index in [1.54, 1.807) is 6.92 Å². The number of hydrogen-bond acceptors (Lipinski definition) is 7. The lowest BCUT2D eigenvalue weighted by Gasteiger charge is -2.17. The molecule has 0 aromatic carbocycles. The van der Waals surface area contributed by atoms with E-state index in [2.05, 4.69) is 26.1 Å². The van der Waals surface area contributed by atoms with Crippen molar-refractivity contribution in [1.82, 2.24) is 5.32 Å². The number of allylic oxidation sites excluding steroid dienone is 5. The van der Waals surface area contributed by atoms with Gasteiger partial charge in [0, 0.05) is 23.8 Å². The molecule has 0 saturated heterocycles. The predicted octanol–water partition coefficient (Wildman–Crippen LogP) is 12.3. The molecular weight excluding hydrogens is 650 g/mol. The number of unbranched alkanes of at least 4 members (excludes halogenated alkanes) is 23. The Morgan fingerprint density at radius 3 is 1.17 bits per heavy atom. The number of carbonyl (C=O) groups excluding carboxylic acids is 4. The van der Waals surface area contributed by atoms with Gasteiger partial charge in [-0.25, -0.2) is 0 Å². The van der Waals surface area contributed by atoms with Crippen LogP contribution in [0.4, 0.5) is 0 Å². The maximum Gasteiger partial charge on any atom is 0.232 e. The summed E-state index contributed by atoms with van der Waals surface area (Å²) < 4.78 is 0. The van der Waals surface area contributed by atoms with Crippen LogP contribution in [-0.2, 0) is 19.2 Å². The maximum atomic E-state index is 12.2. The van der Waals surface area contributed by atoms with E-state index >= 15 is 0 Å². The van der Waals surface area contributed by atoms with Crippen molar-refractivity contribution < 1.29 is 29.4 Å². The van der Waals surface area contributed by atoms with Gasteiger partial charge in [0.1, 0.15) is 11.5 Å². The first-order chi connectivity index (χ1) is 25.2. The van der Waals surface area contributed by atoms with Crippen LogP contribution < -0.4 is 5.32 Å². The van der Waals surface area contributed by atoms with E-state index in [1.165, 1.54) is 134 Å². The number of nitrogens with one attached hydrogen (secondary N) is 1. The highest BCUT2D eigenvalue weighted by Crippen LogP contribution is 2.25. The van der Waals surface area contributed by atoms with Gasteiger partial charge in [-0.3, -0.25) is 19.2 Å². The number of aliphatic hydroxyl groups excluding tert-OH is 2. The molecule has 0 spiro atoms. The summed E-state index contributed by atoms with van der Waals surface area (Å²) in [4.78, 5) is 47.4. The molecule has 52 heavy (non-hydrogen) atoms. The first-order valence-corrected chi connectivity index (χ1v) is 21.4. The van der Waals surface area contributed by atoms with Crippen molar-refractivity contribution >= 4 is 23.1 Å². The van der Waals surface area contributed by atoms with Gasteiger partial charge in [0.2, 0.25) is 23.1 Å². The van der Waals surface area contributed by atoms with Crippen LogP contribution in [0.5, 0.6) is 0 Å². The SMILES string of the molecule is CCCCCCCCCCCCCC1=C(O)C(C)=CC(=O)C1=O.CCCCCCCCCCCCCC1=C(O)C(NCCCCCC)=CC(=O)C1=O. The fraction of sp³-hybridized carbons (Fsp3) is 0.733. The van der Waals surface area contributed by atoms with Crippen molar-refractivity contribution in [2.24, 2.45) is 0 Å². The molecule has 0 heterocycles. The van der Waals surface area contributed by atoms with Gasteiger partial charge in [0.15, 0.2) is 0 Å².